The normalized spacial score (nSPS) is 15.7. The standard InChI is InChI=1S/C10H15NO4/c1-10(2,3)15-9(14)11-5-7(6-11)4-8(12)13/h4H,5-6H2,1-3H3,(H,12,13). The molecule has 0 saturated carbocycles. The maximum atomic E-state index is 11.4. The average molecular weight is 213 g/mol. The van der Waals surface area contributed by atoms with Gasteiger partial charge in [0.15, 0.2) is 0 Å². The Morgan fingerprint density at radius 2 is 1.93 bits per heavy atom. The zero-order valence-electron chi connectivity index (χ0n) is 9.11. The molecule has 0 aromatic heterocycles. The molecule has 1 aliphatic heterocycles. The van der Waals surface area contributed by atoms with E-state index in [0.717, 1.165) is 11.6 Å². The number of nitrogens with zero attached hydrogens (tertiary/aromatic N) is 1. The molecule has 15 heavy (non-hydrogen) atoms. The van der Waals surface area contributed by atoms with Gasteiger partial charge in [-0.1, -0.05) is 0 Å². The fraction of sp³-hybridized carbons (Fsp3) is 0.600. The minimum Gasteiger partial charge on any atom is -0.478 e. The van der Waals surface area contributed by atoms with E-state index in [0.29, 0.717) is 13.1 Å². The van der Waals surface area contributed by atoms with Gasteiger partial charge >= 0.3 is 12.1 Å². The van der Waals surface area contributed by atoms with Crippen LogP contribution in [0.25, 0.3) is 0 Å². The highest BCUT2D eigenvalue weighted by Gasteiger charge is 2.29. The van der Waals surface area contributed by atoms with Crippen molar-refractivity contribution in [2.75, 3.05) is 13.1 Å². The summed E-state index contributed by atoms with van der Waals surface area (Å²) in [5.74, 6) is -0.978. The van der Waals surface area contributed by atoms with Crippen molar-refractivity contribution in [3.8, 4) is 0 Å². The highest BCUT2D eigenvalue weighted by Crippen LogP contribution is 2.18. The zero-order chi connectivity index (χ0) is 11.6. The van der Waals surface area contributed by atoms with Crippen LogP contribution in [0.5, 0.6) is 0 Å². The van der Waals surface area contributed by atoms with E-state index in [1.54, 1.807) is 20.8 Å². The first-order valence-electron chi connectivity index (χ1n) is 4.68. The molecule has 5 heteroatoms. The molecule has 1 saturated heterocycles. The van der Waals surface area contributed by atoms with Gasteiger partial charge in [0.25, 0.3) is 0 Å². The number of carbonyl (C=O) groups is 2. The molecule has 0 aromatic carbocycles. The Hall–Kier alpha value is -1.52. The third-order valence-corrected chi connectivity index (χ3v) is 1.77. The van der Waals surface area contributed by atoms with Crippen molar-refractivity contribution in [3.63, 3.8) is 0 Å². The van der Waals surface area contributed by atoms with Crippen LogP contribution < -0.4 is 0 Å². The van der Waals surface area contributed by atoms with Crippen LogP contribution in [0.15, 0.2) is 11.6 Å². The Labute approximate surface area is 88.3 Å². The smallest absolute Gasteiger partial charge is 0.410 e. The summed E-state index contributed by atoms with van der Waals surface area (Å²) in [6, 6.07) is 0. The highest BCUT2D eigenvalue weighted by molar-refractivity contribution is 5.82. The number of hydrogen-bond donors (Lipinski definition) is 1. The minimum absolute atomic E-state index is 0.348. The van der Waals surface area contributed by atoms with E-state index < -0.39 is 17.7 Å². The predicted molar refractivity (Wildman–Crippen MR) is 53.5 cm³/mol. The van der Waals surface area contributed by atoms with Gasteiger partial charge in [-0.25, -0.2) is 9.59 Å². The second-order valence-electron chi connectivity index (χ2n) is 4.48. The van der Waals surface area contributed by atoms with Gasteiger partial charge in [0, 0.05) is 19.2 Å². The van der Waals surface area contributed by atoms with Gasteiger partial charge in [0.05, 0.1) is 0 Å². The molecule has 0 unspecified atom stereocenters. The molecule has 1 aliphatic rings. The lowest BCUT2D eigenvalue weighted by Crippen LogP contribution is -2.47. The molecule has 0 aromatic rings. The summed E-state index contributed by atoms with van der Waals surface area (Å²) in [7, 11) is 0. The van der Waals surface area contributed by atoms with Gasteiger partial charge in [0.1, 0.15) is 5.60 Å². The largest absolute Gasteiger partial charge is 0.478 e. The summed E-state index contributed by atoms with van der Waals surface area (Å²) >= 11 is 0. The number of amides is 1. The molecule has 1 rings (SSSR count). The van der Waals surface area contributed by atoms with E-state index in [1.807, 2.05) is 0 Å². The fourth-order valence-corrected chi connectivity index (χ4v) is 1.17. The summed E-state index contributed by atoms with van der Waals surface area (Å²) in [5, 5.41) is 8.45. The lowest BCUT2D eigenvalue weighted by atomic mass is 10.1. The van der Waals surface area contributed by atoms with Crippen LogP contribution in [0.1, 0.15) is 20.8 Å². The molecule has 84 valence electrons. The minimum atomic E-state index is -0.978. The maximum absolute atomic E-state index is 11.4. The molecule has 1 amide bonds. The van der Waals surface area contributed by atoms with Crippen molar-refractivity contribution in [1.29, 1.82) is 0 Å². The molecule has 0 bridgehead atoms. The van der Waals surface area contributed by atoms with Gasteiger partial charge in [-0.05, 0) is 26.3 Å². The van der Waals surface area contributed by atoms with E-state index in [1.165, 1.54) is 4.90 Å². The number of carboxylic acids is 1. The highest BCUT2D eigenvalue weighted by atomic mass is 16.6. The molecular weight excluding hydrogens is 198 g/mol. The van der Waals surface area contributed by atoms with Gasteiger partial charge in [-0.15, -0.1) is 0 Å². The average Bonchev–Trinajstić information content (AvgIpc) is 1.91. The third-order valence-electron chi connectivity index (χ3n) is 1.77. The SMILES string of the molecule is CC(C)(C)OC(=O)N1CC(=CC(=O)O)C1. The van der Waals surface area contributed by atoms with Crippen molar-refractivity contribution < 1.29 is 19.4 Å². The Kier molecular flexibility index (Phi) is 3.02. The second kappa shape index (κ2) is 3.92. The van der Waals surface area contributed by atoms with Crippen molar-refractivity contribution >= 4 is 12.1 Å². The number of aliphatic carboxylic acids is 1. The molecule has 0 spiro atoms. The number of rotatable bonds is 1. The topological polar surface area (TPSA) is 66.8 Å². The summed E-state index contributed by atoms with van der Waals surface area (Å²) in [6.45, 7) is 6.07. The molecule has 1 fully saturated rings. The molecular formula is C10H15NO4. The summed E-state index contributed by atoms with van der Waals surface area (Å²) in [6.07, 6.45) is 0.728. The van der Waals surface area contributed by atoms with E-state index in [-0.39, 0.29) is 0 Å². The molecule has 1 N–H and O–H groups in total. The van der Waals surface area contributed by atoms with E-state index in [2.05, 4.69) is 0 Å². The van der Waals surface area contributed by atoms with Crippen molar-refractivity contribution in [2.45, 2.75) is 26.4 Å². The lowest BCUT2D eigenvalue weighted by Gasteiger charge is -2.35. The predicted octanol–water partition coefficient (Wildman–Crippen LogP) is 1.25. The van der Waals surface area contributed by atoms with Gasteiger partial charge in [-0.2, -0.15) is 0 Å². The molecule has 5 nitrogen and oxygen atoms in total. The van der Waals surface area contributed by atoms with Crippen LogP contribution in [0, 0.1) is 0 Å². The fourth-order valence-electron chi connectivity index (χ4n) is 1.17. The van der Waals surface area contributed by atoms with E-state index >= 15 is 0 Å². The van der Waals surface area contributed by atoms with Gasteiger partial charge < -0.3 is 14.7 Å². The summed E-state index contributed by atoms with van der Waals surface area (Å²) in [5.41, 5.74) is 0.219. The Bertz CT molecular complexity index is 306. The summed E-state index contributed by atoms with van der Waals surface area (Å²) < 4.78 is 5.11. The van der Waals surface area contributed by atoms with Crippen LogP contribution in [-0.4, -0.2) is 40.8 Å². The van der Waals surface area contributed by atoms with Crippen LogP contribution in [0.3, 0.4) is 0 Å². The Morgan fingerprint density at radius 3 is 2.33 bits per heavy atom. The summed E-state index contributed by atoms with van der Waals surface area (Å²) in [4.78, 5) is 23.2. The number of hydrogen-bond acceptors (Lipinski definition) is 3. The van der Waals surface area contributed by atoms with Crippen molar-refractivity contribution in [3.05, 3.63) is 11.6 Å². The van der Waals surface area contributed by atoms with Gasteiger partial charge in [0.2, 0.25) is 0 Å². The number of likely N-dealkylation sites (tertiary alicyclic amines) is 1. The van der Waals surface area contributed by atoms with E-state index in [4.69, 9.17) is 9.84 Å². The first-order valence-corrected chi connectivity index (χ1v) is 4.68. The number of carboxylic acid groups (broad SMARTS) is 1. The van der Waals surface area contributed by atoms with Crippen LogP contribution >= 0.6 is 0 Å². The Morgan fingerprint density at radius 1 is 1.40 bits per heavy atom. The number of ether oxygens (including phenoxy) is 1. The Balaban J connectivity index is 2.39. The zero-order valence-corrected chi connectivity index (χ0v) is 9.11. The molecule has 0 atom stereocenters. The first kappa shape index (κ1) is 11.6. The van der Waals surface area contributed by atoms with Crippen molar-refractivity contribution in [2.24, 2.45) is 0 Å². The second-order valence-corrected chi connectivity index (χ2v) is 4.48. The quantitative estimate of drug-likeness (QED) is 0.665. The van der Waals surface area contributed by atoms with Crippen LogP contribution in [0.2, 0.25) is 0 Å². The van der Waals surface area contributed by atoms with Crippen LogP contribution in [0.4, 0.5) is 4.79 Å². The van der Waals surface area contributed by atoms with Crippen molar-refractivity contribution in [1.82, 2.24) is 4.90 Å². The molecule has 0 radical (unpaired) electrons. The maximum Gasteiger partial charge on any atom is 0.410 e. The van der Waals surface area contributed by atoms with E-state index in [9.17, 15) is 9.59 Å². The molecule has 1 heterocycles. The lowest BCUT2D eigenvalue weighted by molar-refractivity contribution is -0.131. The molecule has 0 aliphatic carbocycles. The van der Waals surface area contributed by atoms with Gasteiger partial charge in [-0.3, -0.25) is 0 Å². The first-order chi connectivity index (χ1) is 6.78. The number of carbonyl (C=O) groups excluding carboxylic acids is 1. The van der Waals surface area contributed by atoms with Crippen LogP contribution in [-0.2, 0) is 9.53 Å². The third kappa shape index (κ3) is 3.61. The monoisotopic (exact) mass is 213 g/mol.